The highest BCUT2D eigenvalue weighted by Crippen LogP contribution is 2.33. The summed E-state index contributed by atoms with van der Waals surface area (Å²) in [4.78, 5) is 15.7. The molecule has 3 aromatic rings. The number of hydrogen-bond acceptors (Lipinski definition) is 5. The highest BCUT2D eigenvalue weighted by molar-refractivity contribution is 5.75. The summed E-state index contributed by atoms with van der Waals surface area (Å²) in [6.45, 7) is 1.47. The van der Waals surface area contributed by atoms with Crippen molar-refractivity contribution in [3.05, 3.63) is 48.7 Å². The largest absolute Gasteiger partial charge is 0.382 e. The normalized spacial score (nSPS) is 17.6. The lowest BCUT2D eigenvalue weighted by Crippen LogP contribution is -2.44. The van der Waals surface area contributed by atoms with Gasteiger partial charge in [0.05, 0.1) is 17.2 Å². The molecule has 1 saturated heterocycles. The molecule has 4 rings (SSSR count). The number of fused-ring (bicyclic) bond motifs is 1. The topological polar surface area (TPSA) is 67.1 Å². The molecule has 118 valence electrons. The van der Waals surface area contributed by atoms with E-state index >= 15 is 0 Å². The van der Waals surface area contributed by atoms with Gasteiger partial charge in [0.2, 0.25) is 0 Å². The summed E-state index contributed by atoms with van der Waals surface area (Å²) in [7, 11) is 1.92. The molecule has 23 heavy (non-hydrogen) atoms. The molecule has 0 amide bonds. The van der Waals surface area contributed by atoms with E-state index < -0.39 is 5.60 Å². The van der Waals surface area contributed by atoms with Gasteiger partial charge in [-0.1, -0.05) is 12.1 Å². The van der Waals surface area contributed by atoms with Crippen molar-refractivity contribution >= 4 is 16.9 Å². The summed E-state index contributed by atoms with van der Waals surface area (Å²) < 4.78 is 1.89. The Morgan fingerprint density at radius 1 is 1.09 bits per heavy atom. The molecule has 6 heteroatoms. The molecular formula is C17H19N5O. The van der Waals surface area contributed by atoms with Crippen LogP contribution in [0.4, 0.5) is 5.82 Å². The van der Waals surface area contributed by atoms with Gasteiger partial charge < -0.3 is 14.6 Å². The van der Waals surface area contributed by atoms with Crippen molar-refractivity contribution in [1.29, 1.82) is 0 Å². The summed E-state index contributed by atoms with van der Waals surface area (Å²) in [5, 5.41) is 10.9. The number of hydrogen-bond donors (Lipinski definition) is 1. The number of rotatable bonds is 2. The molecule has 0 saturated carbocycles. The molecule has 1 aromatic carbocycles. The zero-order valence-electron chi connectivity index (χ0n) is 13.1. The van der Waals surface area contributed by atoms with Crippen molar-refractivity contribution in [3.63, 3.8) is 0 Å². The summed E-state index contributed by atoms with van der Waals surface area (Å²) >= 11 is 0. The minimum atomic E-state index is -0.862. The molecule has 0 bridgehead atoms. The summed E-state index contributed by atoms with van der Waals surface area (Å²) in [6, 6.07) is 7.86. The minimum Gasteiger partial charge on any atom is -0.382 e. The third kappa shape index (κ3) is 2.45. The number of nitrogens with zero attached hydrogens (tertiary/aromatic N) is 5. The third-order valence-electron chi connectivity index (χ3n) is 4.59. The zero-order chi connectivity index (χ0) is 15.9. The predicted molar refractivity (Wildman–Crippen MR) is 88.1 cm³/mol. The molecule has 0 atom stereocenters. The van der Waals surface area contributed by atoms with Crippen LogP contribution in [-0.4, -0.2) is 37.7 Å². The van der Waals surface area contributed by atoms with Gasteiger partial charge in [-0.25, -0.2) is 9.97 Å². The van der Waals surface area contributed by atoms with Crippen molar-refractivity contribution in [2.75, 3.05) is 18.0 Å². The van der Waals surface area contributed by atoms with Crippen LogP contribution in [0.1, 0.15) is 18.7 Å². The van der Waals surface area contributed by atoms with E-state index in [0.29, 0.717) is 12.8 Å². The SMILES string of the molecule is Cn1ccnc1C1(O)CCN(c2cnc3ccccc3n2)CC1. The first-order valence-corrected chi connectivity index (χ1v) is 7.83. The fourth-order valence-electron chi connectivity index (χ4n) is 3.24. The van der Waals surface area contributed by atoms with Crippen molar-refractivity contribution in [2.45, 2.75) is 18.4 Å². The number of aryl methyl sites for hydroxylation is 1. The molecule has 3 heterocycles. The quantitative estimate of drug-likeness (QED) is 0.782. The molecule has 1 N–H and O–H groups in total. The number of benzene rings is 1. The van der Waals surface area contributed by atoms with Gasteiger partial charge >= 0.3 is 0 Å². The zero-order valence-corrected chi connectivity index (χ0v) is 13.1. The van der Waals surface area contributed by atoms with Crippen LogP contribution < -0.4 is 4.90 Å². The van der Waals surface area contributed by atoms with E-state index in [4.69, 9.17) is 0 Å². The lowest BCUT2D eigenvalue weighted by Gasteiger charge is -2.38. The molecule has 1 fully saturated rings. The Morgan fingerprint density at radius 2 is 1.83 bits per heavy atom. The van der Waals surface area contributed by atoms with Crippen LogP contribution in [-0.2, 0) is 12.6 Å². The van der Waals surface area contributed by atoms with Crippen LogP contribution in [0.3, 0.4) is 0 Å². The van der Waals surface area contributed by atoms with Crippen LogP contribution in [0.5, 0.6) is 0 Å². The number of para-hydroxylation sites is 2. The average Bonchev–Trinajstić information content (AvgIpc) is 3.02. The Bertz CT molecular complexity index is 836. The van der Waals surface area contributed by atoms with E-state index in [0.717, 1.165) is 35.8 Å². The molecule has 0 unspecified atom stereocenters. The lowest BCUT2D eigenvalue weighted by atomic mass is 9.90. The number of anilines is 1. The first kappa shape index (κ1) is 14.1. The Labute approximate surface area is 134 Å². The van der Waals surface area contributed by atoms with Crippen molar-refractivity contribution < 1.29 is 5.11 Å². The Morgan fingerprint density at radius 3 is 2.52 bits per heavy atom. The first-order chi connectivity index (χ1) is 11.2. The molecule has 0 spiro atoms. The van der Waals surface area contributed by atoms with E-state index in [-0.39, 0.29) is 0 Å². The van der Waals surface area contributed by atoms with Crippen LogP contribution >= 0.6 is 0 Å². The van der Waals surface area contributed by atoms with Crippen LogP contribution in [0, 0.1) is 0 Å². The standard InChI is InChI=1S/C17H19N5O/c1-21-11-8-18-16(21)17(23)6-9-22(10-7-17)15-12-19-13-4-2-3-5-14(13)20-15/h2-5,8,11-12,23H,6-7,9-10H2,1H3. The van der Waals surface area contributed by atoms with E-state index in [9.17, 15) is 5.11 Å². The van der Waals surface area contributed by atoms with Crippen LogP contribution in [0.25, 0.3) is 11.0 Å². The second-order valence-electron chi connectivity index (χ2n) is 6.10. The van der Waals surface area contributed by atoms with Gasteiger partial charge in [-0.2, -0.15) is 0 Å². The van der Waals surface area contributed by atoms with E-state index in [1.54, 1.807) is 6.20 Å². The number of aromatic nitrogens is 4. The smallest absolute Gasteiger partial charge is 0.147 e. The van der Waals surface area contributed by atoms with Gasteiger partial charge in [-0.15, -0.1) is 0 Å². The number of aliphatic hydroxyl groups is 1. The fourth-order valence-corrected chi connectivity index (χ4v) is 3.24. The second kappa shape index (κ2) is 5.31. The fraction of sp³-hybridized carbons (Fsp3) is 0.353. The van der Waals surface area contributed by atoms with Gasteiger partial charge in [0.15, 0.2) is 0 Å². The summed E-state index contributed by atoms with van der Waals surface area (Å²) in [5.41, 5.74) is 0.937. The average molecular weight is 309 g/mol. The van der Waals surface area contributed by atoms with E-state index in [2.05, 4.69) is 19.9 Å². The molecule has 0 radical (unpaired) electrons. The van der Waals surface area contributed by atoms with Crippen molar-refractivity contribution in [3.8, 4) is 0 Å². The Kier molecular flexibility index (Phi) is 3.27. The first-order valence-electron chi connectivity index (χ1n) is 7.83. The molecular weight excluding hydrogens is 290 g/mol. The molecule has 6 nitrogen and oxygen atoms in total. The van der Waals surface area contributed by atoms with Gasteiger partial charge in [0.25, 0.3) is 0 Å². The van der Waals surface area contributed by atoms with Crippen molar-refractivity contribution in [2.24, 2.45) is 7.05 Å². The van der Waals surface area contributed by atoms with Gasteiger partial charge in [-0.05, 0) is 12.1 Å². The third-order valence-corrected chi connectivity index (χ3v) is 4.59. The predicted octanol–water partition coefficient (Wildman–Crippen LogP) is 1.85. The van der Waals surface area contributed by atoms with Gasteiger partial charge in [0.1, 0.15) is 17.2 Å². The van der Waals surface area contributed by atoms with E-state index in [1.165, 1.54) is 0 Å². The van der Waals surface area contributed by atoms with Crippen LogP contribution in [0.2, 0.25) is 0 Å². The maximum absolute atomic E-state index is 10.9. The number of piperidine rings is 1. The maximum Gasteiger partial charge on any atom is 0.147 e. The Balaban J connectivity index is 1.55. The minimum absolute atomic E-state index is 0.631. The highest BCUT2D eigenvalue weighted by atomic mass is 16.3. The van der Waals surface area contributed by atoms with Crippen molar-refractivity contribution in [1.82, 2.24) is 19.5 Å². The summed E-state index contributed by atoms with van der Waals surface area (Å²) in [6.07, 6.45) is 6.68. The van der Waals surface area contributed by atoms with Crippen LogP contribution in [0.15, 0.2) is 42.9 Å². The Hall–Kier alpha value is -2.47. The molecule has 1 aliphatic heterocycles. The van der Waals surface area contributed by atoms with E-state index in [1.807, 2.05) is 48.3 Å². The maximum atomic E-state index is 10.9. The molecule has 0 aliphatic carbocycles. The summed E-state index contributed by atoms with van der Waals surface area (Å²) in [5.74, 6) is 1.60. The molecule has 2 aromatic heterocycles. The second-order valence-corrected chi connectivity index (χ2v) is 6.10. The lowest BCUT2D eigenvalue weighted by molar-refractivity contribution is 0.000671. The van der Waals surface area contributed by atoms with Gasteiger partial charge in [-0.3, -0.25) is 4.98 Å². The number of imidazole rings is 1. The highest BCUT2D eigenvalue weighted by Gasteiger charge is 2.37. The monoisotopic (exact) mass is 309 g/mol. The van der Waals surface area contributed by atoms with Gasteiger partial charge in [0, 0.05) is 45.4 Å². The molecule has 1 aliphatic rings.